The molecular weight excluding hydrogens is 521 g/mol. The summed E-state index contributed by atoms with van der Waals surface area (Å²) in [6.45, 7) is 5.96. The van der Waals surface area contributed by atoms with Crippen LogP contribution in [0, 0.1) is 3.57 Å². The van der Waals surface area contributed by atoms with Crippen molar-refractivity contribution in [3.63, 3.8) is 0 Å². The number of rotatable bonds is 14. The summed E-state index contributed by atoms with van der Waals surface area (Å²) < 4.78 is 17.3. The Morgan fingerprint density at radius 1 is 0.606 bits per heavy atom. The van der Waals surface area contributed by atoms with Gasteiger partial charge in [-0.15, -0.1) is 0 Å². The zero-order valence-corrected chi connectivity index (χ0v) is 22.1. The predicted molar refractivity (Wildman–Crippen MR) is 151 cm³/mol. The average molecular weight is 558 g/mol. The molecule has 0 saturated heterocycles. The largest absolute Gasteiger partial charge is 0.494 e. The van der Waals surface area contributed by atoms with Gasteiger partial charge < -0.3 is 14.4 Å². The van der Waals surface area contributed by atoms with Crippen molar-refractivity contribution in [3.8, 4) is 11.5 Å². The minimum atomic E-state index is -0.163. The third kappa shape index (κ3) is 7.88. The lowest BCUT2D eigenvalue weighted by atomic mass is 10.2. The van der Waals surface area contributed by atoms with E-state index >= 15 is 0 Å². The Balaban J connectivity index is 1.80. The van der Waals surface area contributed by atoms with Gasteiger partial charge in [0.1, 0.15) is 11.5 Å². The van der Waals surface area contributed by atoms with E-state index in [0.29, 0.717) is 0 Å². The Bertz CT molecular complexity index is 897. The summed E-state index contributed by atoms with van der Waals surface area (Å²) in [5.41, 5.74) is 3.33. The molecule has 4 heteroatoms. The summed E-state index contributed by atoms with van der Waals surface area (Å²) in [6, 6.07) is 25.5. The normalized spacial score (nSPS) is 10.7. The van der Waals surface area contributed by atoms with Crippen LogP contribution in [0.2, 0.25) is 0 Å². The summed E-state index contributed by atoms with van der Waals surface area (Å²) >= 11 is -0.163. The zero-order chi connectivity index (χ0) is 23.3. The van der Waals surface area contributed by atoms with E-state index in [9.17, 15) is 0 Å². The SMILES string of the molecule is C=Ic1ccc(N(c2ccc(OCCCCC)cc2)c2ccc(OCCCCC)cc2)cc1. The quantitative estimate of drug-likeness (QED) is 0.146. The average Bonchev–Trinajstić information content (AvgIpc) is 2.87. The minimum Gasteiger partial charge on any atom is -0.494 e. The molecule has 0 aliphatic rings. The van der Waals surface area contributed by atoms with E-state index in [1.807, 2.05) is 0 Å². The van der Waals surface area contributed by atoms with Gasteiger partial charge in [-0.1, -0.05) is 64.8 Å². The van der Waals surface area contributed by atoms with Crippen LogP contribution < -0.4 is 14.4 Å². The highest BCUT2D eigenvalue weighted by Crippen LogP contribution is 2.36. The van der Waals surface area contributed by atoms with Gasteiger partial charge in [-0.05, 0) is 85.6 Å². The summed E-state index contributed by atoms with van der Waals surface area (Å²) in [5, 5.41) is 0. The Kier molecular flexibility index (Phi) is 10.8. The molecule has 0 saturated carbocycles. The Labute approximate surface area is 209 Å². The van der Waals surface area contributed by atoms with Gasteiger partial charge in [0, 0.05) is 20.6 Å². The fourth-order valence-electron chi connectivity index (χ4n) is 3.59. The maximum absolute atomic E-state index is 5.92. The predicted octanol–water partition coefficient (Wildman–Crippen LogP) is 8.87. The lowest BCUT2D eigenvalue weighted by molar-refractivity contribution is 0.306. The fourth-order valence-corrected chi connectivity index (χ4v) is 4.46. The van der Waals surface area contributed by atoms with Crippen molar-refractivity contribution in [2.45, 2.75) is 52.4 Å². The van der Waals surface area contributed by atoms with Crippen molar-refractivity contribution in [1.29, 1.82) is 0 Å². The molecule has 0 fully saturated rings. The molecule has 33 heavy (non-hydrogen) atoms. The van der Waals surface area contributed by atoms with Crippen LogP contribution in [0.3, 0.4) is 0 Å². The molecule has 3 aromatic carbocycles. The molecule has 0 aromatic heterocycles. The monoisotopic (exact) mass is 557 g/mol. The Morgan fingerprint density at radius 3 is 1.36 bits per heavy atom. The van der Waals surface area contributed by atoms with Crippen LogP contribution in [0.5, 0.6) is 11.5 Å². The molecule has 0 N–H and O–H groups in total. The van der Waals surface area contributed by atoms with Crippen molar-refractivity contribution in [2.24, 2.45) is 0 Å². The van der Waals surface area contributed by atoms with Gasteiger partial charge in [-0.2, -0.15) is 0 Å². The van der Waals surface area contributed by atoms with E-state index in [-0.39, 0.29) is 20.7 Å². The highest BCUT2D eigenvalue weighted by molar-refractivity contribution is 14.2. The number of anilines is 3. The third-order valence-electron chi connectivity index (χ3n) is 5.46. The molecule has 3 nitrogen and oxygen atoms in total. The van der Waals surface area contributed by atoms with Crippen molar-refractivity contribution < 1.29 is 9.47 Å². The number of hydrogen-bond donors (Lipinski definition) is 0. The smallest absolute Gasteiger partial charge is 0.119 e. The van der Waals surface area contributed by atoms with Crippen LogP contribution in [0.15, 0.2) is 72.8 Å². The molecule has 0 heterocycles. The highest BCUT2D eigenvalue weighted by atomic mass is 127. The molecule has 0 atom stereocenters. The lowest BCUT2D eigenvalue weighted by Crippen LogP contribution is -2.10. The number of halogens is 1. The van der Waals surface area contributed by atoms with E-state index in [1.54, 1.807) is 0 Å². The van der Waals surface area contributed by atoms with Gasteiger partial charge in [0.2, 0.25) is 0 Å². The number of hydrogen-bond acceptors (Lipinski definition) is 3. The first kappa shape index (κ1) is 25.3. The Morgan fingerprint density at radius 2 is 1.00 bits per heavy atom. The number of ether oxygens (including phenoxy) is 2. The first-order valence-electron chi connectivity index (χ1n) is 12.0. The molecular formula is C29H36INO2. The third-order valence-corrected chi connectivity index (χ3v) is 7.06. The van der Waals surface area contributed by atoms with E-state index in [1.165, 1.54) is 29.3 Å². The van der Waals surface area contributed by atoms with Gasteiger partial charge in [-0.3, -0.25) is 0 Å². The van der Waals surface area contributed by atoms with Gasteiger partial charge in [0.15, 0.2) is 0 Å². The van der Waals surface area contributed by atoms with Crippen LogP contribution in [0.4, 0.5) is 17.1 Å². The van der Waals surface area contributed by atoms with E-state index in [0.717, 1.165) is 54.6 Å². The van der Waals surface area contributed by atoms with Crippen LogP contribution in [0.25, 0.3) is 0 Å². The molecule has 0 bridgehead atoms. The summed E-state index contributed by atoms with van der Waals surface area (Å²) in [4.78, 5) is 2.27. The molecule has 0 aliphatic heterocycles. The number of unbranched alkanes of at least 4 members (excludes halogenated alkanes) is 4. The minimum absolute atomic E-state index is 0.163. The summed E-state index contributed by atoms with van der Waals surface area (Å²) in [7, 11) is 0. The van der Waals surface area contributed by atoms with Crippen LogP contribution >= 0.6 is 20.7 Å². The van der Waals surface area contributed by atoms with Crippen molar-refractivity contribution in [3.05, 3.63) is 76.4 Å². The second kappa shape index (κ2) is 14.0. The van der Waals surface area contributed by atoms with Crippen LogP contribution in [-0.2, 0) is 0 Å². The second-order valence-electron chi connectivity index (χ2n) is 8.04. The van der Waals surface area contributed by atoms with Crippen LogP contribution in [-0.4, -0.2) is 17.7 Å². The highest BCUT2D eigenvalue weighted by Gasteiger charge is 2.13. The molecule has 176 valence electrons. The summed E-state index contributed by atoms with van der Waals surface area (Å²) in [5.74, 6) is 1.84. The molecule has 3 aromatic rings. The van der Waals surface area contributed by atoms with E-state index in [4.69, 9.17) is 9.47 Å². The molecule has 0 amide bonds. The Hall–Kier alpha value is -2.34. The zero-order valence-electron chi connectivity index (χ0n) is 19.9. The fraction of sp³-hybridized carbons (Fsp3) is 0.345. The lowest BCUT2D eigenvalue weighted by Gasteiger charge is -2.26. The molecule has 0 aliphatic carbocycles. The van der Waals surface area contributed by atoms with Crippen molar-refractivity contribution in [2.75, 3.05) is 18.1 Å². The first-order valence-corrected chi connectivity index (χ1v) is 14.6. The maximum Gasteiger partial charge on any atom is 0.119 e. The molecule has 3 rings (SSSR count). The summed E-state index contributed by atoms with van der Waals surface area (Å²) in [6.07, 6.45) is 7.01. The topological polar surface area (TPSA) is 21.7 Å². The number of benzene rings is 3. The van der Waals surface area contributed by atoms with Crippen LogP contribution in [0.1, 0.15) is 52.4 Å². The van der Waals surface area contributed by atoms with Crippen molar-refractivity contribution in [1.82, 2.24) is 0 Å². The van der Waals surface area contributed by atoms with E-state index in [2.05, 4.69) is 96.1 Å². The molecule has 0 unspecified atom stereocenters. The van der Waals surface area contributed by atoms with Gasteiger partial charge in [-0.25, -0.2) is 0 Å². The van der Waals surface area contributed by atoms with Gasteiger partial charge >= 0.3 is 0 Å². The van der Waals surface area contributed by atoms with Gasteiger partial charge in [0.25, 0.3) is 0 Å². The molecule has 0 spiro atoms. The maximum atomic E-state index is 5.92. The first-order chi connectivity index (χ1) is 16.2. The van der Waals surface area contributed by atoms with E-state index < -0.39 is 0 Å². The molecule has 0 radical (unpaired) electrons. The van der Waals surface area contributed by atoms with Crippen molar-refractivity contribution >= 4 is 42.3 Å². The van der Waals surface area contributed by atoms with Gasteiger partial charge in [0.05, 0.1) is 13.2 Å². The second-order valence-corrected chi connectivity index (χ2v) is 10.1. The number of nitrogens with zero attached hydrogens (tertiary/aromatic N) is 1. The standard InChI is InChI=1S/C29H36INO2/c1-4-6-8-22-32-28-18-14-26(15-19-28)31(25-12-10-24(30-3)11-13-25)27-16-20-29(21-17-27)33-23-9-7-5-2/h10-21H,3-9,22-23H2,1-2H3.